The maximum absolute atomic E-state index is 13.3. The second kappa shape index (κ2) is 9.12. The molecule has 1 amide bonds. The molecule has 3 aromatic carbocycles. The van der Waals surface area contributed by atoms with Gasteiger partial charge >= 0.3 is 11.9 Å². The molecule has 0 radical (unpaired) electrons. The summed E-state index contributed by atoms with van der Waals surface area (Å²) in [6.45, 7) is 1.74. The quantitative estimate of drug-likeness (QED) is 0.448. The van der Waals surface area contributed by atoms with Gasteiger partial charge in [0.15, 0.2) is 0 Å². The van der Waals surface area contributed by atoms with E-state index in [9.17, 15) is 14.0 Å². The van der Waals surface area contributed by atoms with Gasteiger partial charge in [0, 0.05) is 12.4 Å². The summed E-state index contributed by atoms with van der Waals surface area (Å²) < 4.78 is 21.3. The van der Waals surface area contributed by atoms with Crippen LogP contribution in [0.3, 0.4) is 0 Å². The number of nitrogens with zero attached hydrogens (tertiary/aromatic N) is 3. The predicted octanol–water partition coefficient (Wildman–Crippen LogP) is 4.22. The van der Waals surface area contributed by atoms with Gasteiger partial charge in [0.25, 0.3) is 0 Å². The van der Waals surface area contributed by atoms with Gasteiger partial charge in [-0.1, -0.05) is 30.3 Å². The highest BCUT2D eigenvalue weighted by Gasteiger charge is 2.30. The zero-order chi connectivity index (χ0) is 23.5. The van der Waals surface area contributed by atoms with Gasteiger partial charge in [0.2, 0.25) is 0 Å². The zero-order valence-corrected chi connectivity index (χ0v) is 18.1. The van der Waals surface area contributed by atoms with Crippen molar-refractivity contribution >= 4 is 22.8 Å². The Bertz CT molecular complexity index is 1290. The monoisotopic (exact) mass is 447 g/mol. The third kappa shape index (κ3) is 4.55. The minimum absolute atomic E-state index is 0.321. The summed E-state index contributed by atoms with van der Waals surface area (Å²) in [6, 6.07) is 20.2. The van der Waals surface area contributed by atoms with Gasteiger partial charge < -0.3 is 14.7 Å². The molecule has 33 heavy (non-hydrogen) atoms. The summed E-state index contributed by atoms with van der Waals surface area (Å²) in [5.74, 6) is -2.31. The van der Waals surface area contributed by atoms with E-state index in [1.54, 1.807) is 36.0 Å². The van der Waals surface area contributed by atoms with E-state index in [4.69, 9.17) is 9.84 Å². The van der Waals surface area contributed by atoms with E-state index in [2.05, 4.69) is 5.10 Å². The number of carboxylic acid groups (broad SMARTS) is 1. The summed E-state index contributed by atoms with van der Waals surface area (Å²) >= 11 is 0. The molecule has 0 saturated carbocycles. The standard InChI is InChI=1S/C25H22FN3O4/c1-16(28(2)24(30)25(31)32)23(17-6-4-3-5-7-17)33-21-12-13-22-18(14-21)15-27-29(22)20-10-8-19(26)9-11-20/h3-16,23H,1-2H3,(H,31,32)/t16-,23-/m0/s1. The Morgan fingerprint density at radius 1 is 1.06 bits per heavy atom. The molecule has 1 aromatic heterocycles. The first kappa shape index (κ1) is 22.0. The van der Waals surface area contributed by atoms with E-state index in [-0.39, 0.29) is 5.82 Å². The van der Waals surface area contributed by atoms with Crippen LogP contribution >= 0.6 is 0 Å². The zero-order valence-electron chi connectivity index (χ0n) is 18.1. The molecule has 1 N–H and O–H groups in total. The third-order valence-corrected chi connectivity index (χ3v) is 5.55. The van der Waals surface area contributed by atoms with Gasteiger partial charge in [0.1, 0.15) is 17.7 Å². The van der Waals surface area contributed by atoms with Crippen molar-refractivity contribution in [1.82, 2.24) is 14.7 Å². The van der Waals surface area contributed by atoms with Crippen molar-refractivity contribution in [2.75, 3.05) is 7.05 Å². The van der Waals surface area contributed by atoms with Gasteiger partial charge in [-0.05, 0) is 55.0 Å². The van der Waals surface area contributed by atoms with Gasteiger partial charge in [-0.2, -0.15) is 5.10 Å². The number of halogens is 1. The largest absolute Gasteiger partial charge is 0.484 e. The van der Waals surface area contributed by atoms with Crippen molar-refractivity contribution in [3.8, 4) is 11.4 Å². The van der Waals surface area contributed by atoms with Gasteiger partial charge in [-0.15, -0.1) is 0 Å². The first-order valence-electron chi connectivity index (χ1n) is 10.3. The molecule has 0 aliphatic heterocycles. The number of aromatic nitrogens is 2. The number of likely N-dealkylation sites (N-methyl/N-ethyl adjacent to an activating group) is 1. The number of ether oxygens (including phenoxy) is 1. The summed E-state index contributed by atoms with van der Waals surface area (Å²) in [4.78, 5) is 24.4. The first-order valence-corrected chi connectivity index (χ1v) is 10.3. The fourth-order valence-electron chi connectivity index (χ4n) is 3.65. The number of benzene rings is 3. The Labute approximate surface area is 189 Å². The minimum atomic E-state index is -1.52. The molecule has 8 heteroatoms. The SMILES string of the molecule is C[C@@H]([C@H](Oc1ccc2c(cnn2-c2ccc(F)cc2)c1)c1ccccc1)N(C)C(=O)C(=O)O. The molecule has 0 fully saturated rings. The fourth-order valence-corrected chi connectivity index (χ4v) is 3.65. The van der Waals surface area contributed by atoms with E-state index in [1.165, 1.54) is 19.2 Å². The lowest BCUT2D eigenvalue weighted by Crippen LogP contribution is -2.43. The van der Waals surface area contributed by atoms with Crippen molar-refractivity contribution in [3.63, 3.8) is 0 Å². The Kier molecular flexibility index (Phi) is 6.08. The van der Waals surface area contributed by atoms with Gasteiger partial charge in [-0.3, -0.25) is 4.79 Å². The van der Waals surface area contributed by atoms with Crippen LogP contribution in [0.15, 0.2) is 79.0 Å². The first-order chi connectivity index (χ1) is 15.8. The van der Waals surface area contributed by atoms with Crippen LogP contribution in [0.5, 0.6) is 5.75 Å². The highest BCUT2D eigenvalue weighted by molar-refractivity contribution is 6.31. The molecule has 1 heterocycles. The average Bonchev–Trinajstić information content (AvgIpc) is 3.25. The molecule has 0 saturated heterocycles. The number of hydrogen-bond donors (Lipinski definition) is 1. The number of rotatable bonds is 6. The van der Waals surface area contributed by atoms with Crippen LogP contribution in [-0.2, 0) is 9.59 Å². The molecular weight excluding hydrogens is 425 g/mol. The summed E-state index contributed by atoms with van der Waals surface area (Å²) in [7, 11) is 1.44. The Morgan fingerprint density at radius 3 is 2.42 bits per heavy atom. The molecule has 168 valence electrons. The maximum atomic E-state index is 13.3. The van der Waals surface area contributed by atoms with Crippen LogP contribution in [0, 0.1) is 5.82 Å². The molecular formula is C25H22FN3O4. The number of hydrogen-bond acceptors (Lipinski definition) is 4. The molecule has 2 atom stereocenters. The van der Waals surface area contributed by atoms with E-state index in [0.717, 1.165) is 27.1 Å². The summed E-state index contributed by atoms with van der Waals surface area (Å²) in [5, 5.41) is 14.3. The van der Waals surface area contributed by atoms with Crippen LogP contribution < -0.4 is 4.74 Å². The number of fused-ring (bicyclic) bond motifs is 1. The van der Waals surface area contributed by atoms with Crippen LogP contribution in [0.25, 0.3) is 16.6 Å². The molecule has 7 nitrogen and oxygen atoms in total. The Morgan fingerprint density at radius 2 is 1.76 bits per heavy atom. The molecule has 4 aromatic rings. The van der Waals surface area contributed by atoms with Crippen LogP contribution in [0.2, 0.25) is 0 Å². The van der Waals surface area contributed by atoms with Crippen LogP contribution in [0.1, 0.15) is 18.6 Å². The second-order valence-electron chi connectivity index (χ2n) is 7.66. The minimum Gasteiger partial charge on any atom is -0.484 e. The summed E-state index contributed by atoms with van der Waals surface area (Å²) in [6.07, 6.45) is 1.08. The number of carbonyl (C=O) groups excluding carboxylic acids is 1. The number of carboxylic acids is 1. The second-order valence-corrected chi connectivity index (χ2v) is 7.66. The van der Waals surface area contributed by atoms with E-state index in [1.807, 2.05) is 42.5 Å². The highest BCUT2D eigenvalue weighted by Crippen LogP contribution is 2.30. The third-order valence-electron chi connectivity index (χ3n) is 5.55. The molecule has 0 spiro atoms. The Balaban J connectivity index is 1.66. The highest BCUT2D eigenvalue weighted by atomic mass is 19.1. The number of aliphatic carboxylic acids is 1. The fraction of sp³-hybridized carbons (Fsp3) is 0.160. The van der Waals surface area contributed by atoms with E-state index < -0.39 is 24.0 Å². The van der Waals surface area contributed by atoms with Crippen molar-refractivity contribution < 1.29 is 23.8 Å². The van der Waals surface area contributed by atoms with Crippen molar-refractivity contribution in [2.24, 2.45) is 0 Å². The number of carbonyl (C=O) groups is 2. The van der Waals surface area contributed by atoms with Crippen molar-refractivity contribution in [2.45, 2.75) is 19.1 Å². The lowest BCUT2D eigenvalue weighted by Gasteiger charge is -2.31. The smallest absolute Gasteiger partial charge is 0.394 e. The van der Waals surface area contributed by atoms with Crippen molar-refractivity contribution in [3.05, 3.63) is 90.4 Å². The van der Waals surface area contributed by atoms with E-state index in [0.29, 0.717) is 5.75 Å². The van der Waals surface area contributed by atoms with Crippen LogP contribution in [-0.4, -0.2) is 44.8 Å². The van der Waals surface area contributed by atoms with Gasteiger partial charge in [0.05, 0.1) is 23.4 Å². The summed E-state index contributed by atoms with van der Waals surface area (Å²) in [5.41, 5.74) is 2.35. The molecule has 4 rings (SSSR count). The normalized spacial score (nSPS) is 12.8. The molecule has 0 unspecified atom stereocenters. The average molecular weight is 447 g/mol. The Hall–Kier alpha value is -4.20. The van der Waals surface area contributed by atoms with E-state index >= 15 is 0 Å². The topological polar surface area (TPSA) is 84.7 Å². The van der Waals surface area contributed by atoms with Gasteiger partial charge in [-0.25, -0.2) is 13.9 Å². The molecule has 0 aliphatic rings. The molecule has 0 aliphatic carbocycles. The van der Waals surface area contributed by atoms with Crippen LogP contribution in [0.4, 0.5) is 4.39 Å². The lowest BCUT2D eigenvalue weighted by atomic mass is 10.0. The van der Waals surface area contributed by atoms with Crippen molar-refractivity contribution in [1.29, 1.82) is 0 Å². The predicted molar refractivity (Wildman–Crippen MR) is 121 cm³/mol. The molecule has 0 bridgehead atoms. The maximum Gasteiger partial charge on any atom is 0.394 e. The number of amides is 1. The lowest BCUT2D eigenvalue weighted by molar-refractivity contribution is -0.157.